The number of nitrogens with zero attached hydrogens (tertiary/aromatic N) is 1. The molecule has 0 bridgehead atoms. The Morgan fingerprint density at radius 2 is 1.33 bits per heavy atom. The minimum Gasteiger partial charge on any atom is -0.359 e. The number of anilines is 2. The maximum absolute atomic E-state index is 13.8. The third-order valence-electron chi connectivity index (χ3n) is 6.79. The second-order valence-corrected chi connectivity index (χ2v) is 8.62. The molecule has 0 aromatic heterocycles. The summed E-state index contributed by atoms with van der Waals surface area (Å²) in [6.07, 6.45) is -0.223. The van der Waals surface area contributed by atoms with Gasteiger partial charge in [0.15, 0.2) is 0 Å². The van der Waals surface area contributed by atoms with Crippen molar-refractivity contribution in [1.82, 2.24) is 0 Å². The summed E-state index contributed by atoms with van der Waals surface area (Å²) in [5.74, 6) is 0.0415. The lowest BCUT2D eigenvalue weighted by molar-refractivity contribution is 0.0980. The number of hydrogen-bond acceptors (Lipinski definition) is 2. The Balaban J connectivity index is 1.50. The van der Waals surface area contributed by atoms with E-state index in [0.717, 1.165) is 55.5 Å². The van der Waals surface area contributed by atoms with E-state index in [1.807, 2.05) is 29.2 Å². The first-order valence-corrected chi connectivity index (χ1v) is 11.2. The predicted octanol–water partition coefficient (Wildman–Crippen LogP) is 7.26. The van der Waals surface area contributed by atoms with Gasteiger partial charge in [0, 0.05) is 22.1 Å². The van der Waals surface area contributed by atoms with Crippen molar-refractivity contribution < 1.29 is 4.79 Å². The van der Waals surface area contributed by atoms with Gasteiger partial charge in [-0.1, -0.05) is 91.0 Å². The zero-order valence-electron chi connectivity index (χ0n) is 17.8. The molecule has 1 amide bonds. The summed E-state index contributed by atoms with van der Waals surface area (Å²) in [6.45, 7) is 0. The van der Waals surface area contributed by atoms with E-state index in [4.69, 9.17) is 0 Å². The largest absolute Gasteiger partial charge is 0.359 e. The van der Waals surface area contributed by atoms with Gasteiger partial charge in [0.25, 0.3) is 5.91 Å². The van der Waals surface area contributed by atoms with Gasteiger partial charge in [-0.25, -0.2) is 0 Å². The van der Waals surface area contributed by atoms with Crippen LogP contribution in [0.3, 0.4) is 0 Å². The van der Waals surface area contributed by atoms with E-state index in [1.165, 1.54) is 0 Å². The molecule has 0 aliphatic carbocycles. The van der Waals surface area contributed by atoms with Crippen LogP contribution in [0.1, 0.15) is 22.1 Å². The van der Waals surface area contributed by atoms with Crippen molar-refractivity contribution >= 4 is 28.1 Å². The van der Waals surface area contributed by atoms with Crippen LogP contribution in [-0.2, 0) is 0 Å². The first kappa shape index (κ1) is 18.2. The average molecular weight is 425 g/mol. The number of rotatable bonds is 2. The molecule has 0 saturated heterocycles. The summed E-state index contributed by atoms with van der Waals surface area (Å²) >= 11 is 0. The summed E-state index contributed by atoms with van der Waals surface area (Å²) in [6, 6.07) is 37.4. The molecule has 3 nitrogen and oxygen atoms in total. The number of carbonyl (C=O) groups is 1. The maximum atomic E-state index is 13.8. The van der Waals surface area contributed by atoms with Crippen LogP contribution in [-0.4, -0.2) is 5.91 Å². The summed E-state index contributed by atoms with van der Waals surface area (Å²) in [5.41, 5.74) is 8.29. The molecule has 5 aromatic carbocycles. The summed E-state index contributed by atoms with van der Waals surface area (Å²) in [4.78, 5) is 15.8. The predicted molar refractivity (Wildman–Crippen MR) is 134 cm³/mol. The second kappa shape index (κ2) is 6.81. The Bertz CT molecular complexity index is 1550. The SMILES string of the molecule is O=C1c2cccc3cccc(c23)C2Nc3c(-c4ccccc4)cc(-c4ccccc4)cc3N12. The van der Waals surface area contributed by atoms with Gasteiger partial charge < -0.3 is 5.32 Å². The normalized spacial score (nSPS) is 15.8. The fraction of sp³-hybridized carbons (Fsp3) is 0.0333. The van der Waals surface area contributed by atoms with Gasteiger partial charge in [-0.3, -0.25) is 9.69 Å². The first-order chi connectivity index (χ1) is 16.3. The quantitative estimate of drug-likeness (QED) is 0.323. The van der Waals surface area contributed by atoms with Crippen LogP contribution in [0.15, 0.2) is 109 Å². The molecule has 0 fully saturated rings. The van der Waals surface area contributed by atoms with Crippen molar-refractivity contribution in [2.75, 3.05) is 10.2 Å². The molecule has 3 heteroatoms. The number of hydrogen-bond donors (Lipinski definition) is 1. The number of benzene rings is 5. The van der Waals surface area contributed by atoms with Crippen LogP contribution in [0.2, 0.25) is 0 Å². The highest BCUT2D eigenvalue weighted by atomic mass is 16.2. The summed E-state index contributed by atoms with van der Waals surface area (Å²) in [7, 11) is 0. The van der Waals surface area contributed by atoms with E-state index in [9.17, 15) is 4.79 Å². The molecule has 2 aliphatic heterocycles. The molecule has 2 heterocycles. The smallest absolute Gasteiger partial charge is 0.260 e. The Labute approximate surface area is 191 Å². The summed E-state index contributed by atoms with van der Waals surface area (Å²) < 4.78 is 0. The fourth-order valence-electron chi connectivity index (χ4n) is 5.30. The standard InChI is InChI=1S/C30H20N2O/c33-30-24-16-8-14-21-13-7-15-23(27(21)24)29-31-28-25(20-11-5-2-6-12-20)17-22(18-26(28)32(29)30)19-9-3-1-4-10-19/h1-18,29,31H. The number of amides is 1. The van der Waals surface area contributed by atoms with Crippen LogP contribution in [0.5, 0.6) is 0 Å². The molecular weight excluding hydrogens is 404 g/mol. The lowest BCUT2D eigenvalue weighted by Crippen LogP contribution is -2.37. The molecule has 1 N–H and O–H groups in total. The van der Waals surface area contributed by atoms with Gasteiger partial charge in [0.2, 0.25) is 0 Å². The van der Waals surface area contributed by atoms with Crippen molar-refractivity contribution in [3.05, 3.63) is 120 Å². The highest BCUT2D eigenvalue weighted by Crippen LogP contribution is 2.52. The van der Waals surface area contributed by atoms with Gasteiger partial charge in [-0.2, -0.15) is 0 Å². The minimum absolute atomic E-state index is 0.0415. The third-order valence-corrected chi connectivity index (χ3v) is 6.79. The Hall–Kier alpha value is -4.37. The Kier molecular flexibility index (Phi) is 3.76. The molecule has 156 valence electrons. The molecule has 5 aromatic rings. The van der Waals surface area contributed by atoms with Crippen LogP contribution < -0.4 is 10.2 Å². The van der Waals surface area contributed by atoms with Gasteiger partial charge >= 0.3 is 0 Å². The molecule has 0 spiro atoms. The van der Waals surface area contributed by atoms with Crippen molar-refractivity contribution in [2.24, 2.45) is 0 Å². The van der Waals surface area contributed by atoms with E-state index in [1.54, 1.807) is 0 Å². The zero-order chi connectivity index (χ0) is 21.9. The van der Waals surface area contributed by atoms with Gasteiger partial charge in [0.05, 0.1) is 11.4 Å². The van der Waals surface area contributed by atoms with E-state index in [-0.39, 0.29) is 12.1 Å². The number of fused-ring (bicyclic) bond motifs is 4. The second-order valence-electron chi connectivity index (χ2n) is 8.62. The molecule has 1 atom stereocenters. The van der Waals surface area contributed by atoms with Crippen molar-refractivity contribution in [1.29, 1.82) is 0 Å². The van der Waals surface area contributed by atoms with E-state index in [2.05, 4.69) is 90.2 Å². The molecule has 7 rings (SSSR count). The average Bonchev–Trinajstić information content (AvgIpc) is 3.27. The summed E-state index contributed by atoms with van der Waals surface area (Å²) in [5, 5.41) is 5.87. The molecular formula is C30H20N2O. The molecule has 2 aliphatic rings. The first-order valence-electron chi connectivity index (χ1n) is 11.2. The van der Waals surface area contributed by atoms with Crippen LogP contribution >= 0.6 is 0 Å². The van der Waals surface area contributed by atoms with Crippen molar-refractivity contribution in [3.8, 4) is 22.3 Å². The number of carbonyl (C=O) groups excluding carboxylic acids is 1. The highest BCUT2D eigenvalue weighted by molar-refractivity contribution is 6.21. The fourth-order valence-corrected chi connectivity index (χ4v) is 5.30. The molecule has 1 unspecified atom stereocenters. The topological polar surface area (TPSA) is 32.3 Å². The van der Waals surface area contributed by atoms with Gasteiger partial charge in [-0.15, -0.1) is 0 Å². The van der Waals surface area contributed by atoms with Gasteiger partial charge in [0.1, 0.15) is 6.17 Å². The van der Waals surface area contributed by atoms with E-state index >= 15 is 0 Å². The van der Waals surface area contributed by atoms with Crippen molar-refractivity contribution in [3.63, 3.8) is 0 Å². The molecule has 0 radical (unpaired) electrons. The maximum Gasteiger partial charge on any atom is 0.260 e. The third kappa shape index (κ3) is 2.60. The Morgan fingerprint density at radius 1 is 0.636 bits per heavy atom. The van der Waals surface area contributed by atoms with E-state index in [0.29, 0.717) is 0 Å². The monoisotopic (exact) mass is 424 g/mol. The zero-order valence-corrected chi connectivity index (χ0v) is 17.8. The van der Waals surface area contributed by atoms with E-state index < -0.39 is 0 Å². The number of nitrogens with one attached hydrogen (secondary N) is 1. The lowest BCUT2D eigenvalue weighted by Gasteiger charge is -2.31. The Morgan fingerprint density at radius 3 is 2.09 bits per heavy atom. The van der Waals surface area contributed by atoms with Crippen LogP contribution in [0.25, 0.3) is 33.0 Å². The lowest BCUT2D eigenvalue weighted by atomic mass is 9.92. The van der Waals surface area contributed by atoms with Gasteiger partial charge in [-0.05, 0) is 40.3 Å². The molecule has 33 heavy (non-hydrogen) atoms. The highest BCUT2D eigenvalue weighted by Gasteiger charge is 2.41. The van der Waals surface area contributed by atoms with Crippen LogP contribution in [0, 0.1) is 0 Å². The molecule has 0 saturated carbocycles. The van der Waals surface area contributed by atoms with Crippen molar-refractivity contribution in [2.45, 2.75) is 6.17 Å². The van der Waals surface area contributed by atoms with Crippen LogP contribution in [0.4, 0.5) is 11.4 Å². The minimum atomic E-state index is -0.223.